The van der Waals surface area contributed by atoms with E-state index in [4.69, 9.17) is 5.73 Å². The molecular formula is C16H18F2N4. The zero-order chi connectivity index (χ0) is 15.5. The highest BCUT2D eigenvalue weighted by atomic mass is 19.3. The smallest absolute Gasteiger partial charge is 0.280 e. The maximum atomic E-state index is 12.8. The molecule has 3 rings (SSSR count). The molecule has 2 heterocycles. The number of nitrogens with two attached hydrogens (primary N) is 1. The number of aromatic nitrogens is 2. The third kappa shape index (κ3) is 2.92. The summed E-state index contributed by atoms with van der Waals surface area (Å²) in [4.78, 5) is 10.1. The van der Waals surface area contributed by atoms with E-state index in [1.807, 2.05) is 23.1 Å². The minimum Gasteiger partial charge on any atom is -0.340 e. The van der Waals surface area contributed by atoms with E-state index in [1.54, 1.807) is 0 Å². The zero-order valence-electron chi connectivity index (χ0n) is 12.1. The van der Waals surface area contributed by atoms with Gasteiger partial charge in [-0.05, 0) is 24.1 Å². The summed E-state index contributed by atoms with van der Waals surface area (Å²) in [6, 6.07) is 11.4. The Morgan fingerprint density at radius 1 is 1.18 bits per heavy atom. The van der Waals surface area contributed by atoms with E-state index in [2.05, 4.69) is 22.1 Å². The Labute approximate surface area is 128 Å². The van der Waals surface area contributed by atoms with Gasteiger partial charge >= 0.3 is 0 Å². The second-order valence-electron chi connectivity index (χ2n) is 5.50. The molecule has 0 bridgehead atoms. The van der Waals surface area contributed by atoms with Crippen LogP contribution in [0.3, 0.4) is 0 Å². The summed E-state index contributed by atoms with van der Waals surface area (Å²) in [5.74, 6) is 0.890. The molecule has 0 amide bonds. The van der Waals surface area contributed by atoms with E-state index in [9.17, 15) is 8.78 Å². The van der Waals surface area contributed by atoms with Crippen LogP contribution in [0, 0.1) is 5.92 Å². The van der Waals surface area contributed by atoms with Crippen molar-refractivity contribution in [2.75, 3.05) is 24.5 Å². The first-order valence-electron chi connectivity index (χ1n) is 7.30. The molecule has 0 spiro atoms. The normalized spacial score (nSPS) is 21.5. The fraction of sp³-hybridized carbons (Fsp3) is 0.375. The molecule has 1 aromatic heterocycles. The van der Waals surface area contributed by atoms with Crippen molar-refractivity contribution in [3.8, 4) is 0 Å². The molecule has 1 aliphatic rings. The number of halogens is 2. The van der Waals surface area contributed by atoms with Gasteiger partial charge < -0.3 is 10.6 Å². The van der Waals surface area contributed by atoms with Crippen LogP contribution in [-0.2, 0) is 0 Å². The van der Waals surface area contributed by atoms with Gasteiger partial charge in [-0.3, -0.25) is 0 Å². The topological polar surface area (TPSA) is 55.0 Å². The number of hydrogen-bond donors (Lipinski definition) is 1. The van der Waals surface area contributed by atoms with Crippen LogP contribution in [0.15, 0.2) is 42.6 Å². The van der Waals surface area contributed by atoms with Crippen LogP contribution in [0.4, 0.5) is 14.7 Å². The van der Waals surface area contributed by atoms with Crippen molar-refractivity contribution in [3.63, 3.8) is 0 Å². The Balaban J connectivity index is 1.84. The number of nitrogens with zero attached hydrogens (tertiary/aromatic N) is 3. The molecule has 1 fully saturated rings. The quantitative estimate of drug-likeness (QED) is 0.943. The monoisotopic (exact) mass is 304 g/mol. The molecule has 22 heavy (non-hydrogen) atoms. The number of anilines is 1. The predicted molar refractivity (Wildman–Crippen MR) is 80.9 cm³/mol. The van der Waals surface area contributed by atoms with Crippen molar-refractivity contribution < 1.29 is 8.78 Å². The van der Waals surface area contributed by atoms with Gasteiger partial charge in [0.25, 0.3) is 6.43 Å². The molecule has 1 aliphatic heterocycles. The van der Waals surface area contributed by atoms with Crippen LogP contribution in [0.25, 0.3) is 0 Å². The molecule has 0 saturated carbocycles. The van der Waals surface area contributed by atoms with Crippen LogP contribution >= 0.6 is 0 Å². The molecule has 1 saturated heterocycles. The van der Waals surface area contributed by atoms with E-state index in [-0.39, 0.29) is 17.5 Å². The van der Waals surface area contributed by atoms with Gasteiger partial charge in [-0.2, -0.15) is 0 Å². The highest BCUT2D eigenvalue weighted by molar-refractivity contribution is 5.37. The largest absolute Gasteiger partial charge is 0.340 e. The first-order chi connectivity index (χ1) is 10.7. The van der Waals surface area contributed by atoms with Gasteiger partial charge in [0.1, 0.15) is 5.69 Å². The van der Waals surface area contributed by atoms with Crippen molar-refractivity contribution in [2.45, 2.75) is 12.3 Å². The van der Waals surface area contributed by atoms with Crippen LogP contribution in [0.1, 0.15) is 23.6 Å². The van der Waals surface area contributed by atoms with Gasteiger partial charge in [-0.25, -0.2) is 18.7 Å². The van der Waals surface area contributed by atoms with Gasteiger partial charge in [0, 0.05) is 25.2 Å². The Morgan fingerprint density at radius 2 is 1.95 bits per heavy atom. The summed E-state index contributed by atoms with van der Waals surface area (Å²) in [7, 11) is 0. The number of benzene rings is 1. The van der Waals surface area contributed by atoms with Crippen LogP contribution in [0.2, 0.25) is 0 Å². The Morgan fingerprint density at radius 3 is 2.64 bits per heavy atom. The average Bonchev–Trinajstić information content (AvgIpc) is 3.00. The second-order valence-corrected chi connectivity index (χ2v) is 5.50. The van der Waals surface area contributed by atoms with Crippen LogP contribution in [0.5, 0.6) is 0 Å². The molecule has 0 radical (unpaired) electrons. The third-order valence-corrected chi connectivity index (χ3v) is 4.14. The lowest BCUT2D eigenvalue weighted by Crippen LogP contribution is -2.24. The first-order valence-corrected chi connectivity index (χ1v) is 7.30. The third-order valence-electron chi connectivity index (χ3n) is 4.14. The summed E-state index contributed by atoms with van der Waals surface area (Å²) in [6.45, 7) is 1.92. The summed E-state index contributed by atoms with van der Waals surface area (Å²) in [6.07, 6.45) is -1.20. The highest BCUT2D eigenvalue weighted by Crippen LogP contribution is 2.33. The predicted octanol–water partition coefficient (Wildman–Crippen LogP) is 2.59. The molecule has 6 heteroatoms. The maximum Gasteiger partial charge on any atom is 0.280 e. The fourth-order valence-corrected chi connectivity index (χ4v) is 2.99. The van der Waals surface area contributed by atoms with Crippen molar-refractivity contribution >= 4 is 5.95 Å². The highest BCUT2D eigenvalue weighted by Gasteiger charge is 2.34. The number of hydrogen-bond acceptors (Lipinski definition) is 4. The molecular weight excluding hydrogens is 286 g/mol. The Kier molecular flexibility index (Phi) is 4.29. The summed E-state index contributed by atoms with van der Waals surface area (Å²) < 4.78 is 25.6. The van der Waals surface area contributed by atoms with E-state index in [0.717, 1.165) is 0 Å². The summed E-state index contributed by atoms with van der Waals surface area (Å²) >= 11 is 0. The maximum absolute atomic E-state index is 12.8. The molecule has 116 valence electrons. The summed E-state index contributed by atoms with van der Waals surface area (Å²) in [5.41, 5.74) is 6.87. The Bertz CT molecular complexity index is 621. The van der Waals surface area contributed by atoms with Crippen LogP contribution in [-0.4, -0.2) is 29.6 Å². The molecule has 2 atom stereocenters. The van der Waals surface area contributed by atoms with Crippen molar-refractivity contribution in [1.29, 1.82) is 0 Å². The lowest BCUT2D eigenvalue weighted by molar-refractivity contribution is 0.146. The van der Waals surface area contributed by atoms with Crippen molar-refractivity contribution in [2.24, 2.45) is 11.7 Å². The van der Waals surface area contributed by atoms with Crippen molar-refractivity contribution in [1.82, 2.24) is 9.97 Å². The van der Waals surface area contributed by atoms with E-state index in [1.165, 1.54) is 17.8 Å². The van der Waals surface area contributed by atoms with Gasteiger partial charge in [0.2, 0.25) is 5.95 Å². The second kappa shape index (κ2) is 6.36. The van der Waals surface area contributed by atoms with Gasteiger partial charge in [-0.15, -0.1) is 0 Å². The Hall–Kier alpha value is -2.08. The number of rotatable bonds is 4. The van der Waals surface area contributed by atoms with Crippen molar-refractivity contribution in [3.05, 3.63) is 53.9 Å². The molecule has 0 unspecified atom stereocenters. The molecule has 0 aliphatic carbocycles. The number of alkyl halides is 2. The van der Waals surface area contributed by atoms with E-state index >= 15 is 0 Å². The van der Waals surface area contributed by atoms with E-state index in [0.29, 0.717) is 25.6 Å². The van der Waals surface area contributed by atoms with Crippen LogP contribution < -0.4 is 10.6 Å². The van der Waals surface area contributed by atoms with Gasteiger partial charge in [-0.1, -0.05) is 30.3 Å². The zero-order valence-corrected chi connectivity index (χ0v) is 12.1. The molecule has 2 N–H and O–H groups in total. The average molecular weight is 304 g/mol. The first kappa shape index (κ1) is 14.8. The molecule has 4 nitrogen and oxygen atoms in total. The van der Waals surface area contributed by atoms with Gasteiger partial charge in [0.05, 0.1) is 0 Å². The molecule has 2 aromatic rings. The standard InChI is InChI=1S/C16H18F2N4/c17-15(18)14-6-7-20-16(21-14)22-9-12(8-19)13(10-22)11-4-2-1-3-5-11/h1-7,12-13,15H,8-10,19H2/t12-,13+/m1/s1. The lowest BCUT2D eigenvalue weighted by Gasteiger charge is -2.17. The fourth-order valence-electron chi connectivity index (χ4n) is 2.99. The van der Waals surface area contributed by atoms with E-state index < -0.39 is 6.43 Å². The molecule has 1 aromatic carbocycles. The van der Waals surface area contributed by atoms with Gasteiger partial charge in [0.15, 0.2) is 0 Å². The summed E-state index contributed by atoms with van der Waals surface area (Å²) in [5, 5.41) is 0. The SMILES string of the molecule is NC[C@@H]1CN(c2nccc(C(F)F)n2)C[C@H]1c1ccccc1. The minimum atomic E-state index is -2.58. The lowest BCUT2D eigenvalue weighted by atomic mass is 9.89. The minimum absolute atomic E-state index is 0.238.